The van der Waals surface area contributed by atoms with E-state index in [0.717, 1.165) is 25.7 Å². The largest absolute Gasteiger partial charge is 0.389 e. The third-order valence-electron chi connectivity index (χ3n) is 3.32. The number of rotatable bonds is 4. The molecule has 0 bridgehead atoms. The molecule has 0 amide bonds. The lowest BCUT2D eigenvalue weighted by Crippen LogP contribution is -2.40. The highest BCUT2D eigenvalue weighted by molar-refractivity contribution is 4.85. The number of aryl methyl sites for hydroxylation is 1. The Hall–Kier alpha value is -1.01. The zero-order chi connectivity index (χ0) is 12.1. The van der Waals surface area contributed by atoms with Gasteiger partial charge in [0.15, 0.2) is 5.82 Å². The summed E-state index contributed by atoms with van der Waals surface area (Å²) in [6.07, 6.45) is 6.53. The van der Waals surface area contributed by atoms with Gasteiger partial charge >= 0.3 is 0 Å². The van der Waals surface area contributed by atoms with E-state index in [4.69, 9.17) is 0 Å². The van der Waals surface area contributed by atoms with Crippen LogP contribution < -0.4 is 5.32 Å². The molecule has 0 radical (unpaired) electrons. The fraction of sp³-hybridized carbons (Fsp3) is 0.909. The molecular formula is C11H21N5O. The SMILES string of the molecule is Cn1nnc(CNCC2(O)CCCCCC2)n1. The van der Waals surface area contributed by atoms with E-state index < -0.39 is 5.60 Å². The molecule has 0 saturated heterocycles. The van der Waals surface area contributed by atoms with Gasteiger partial charge in [-0.2, -0.15) is 4.80 Å². The Morgan fingerprint density at radius 2 is 2.00 bits per heavy atom. The summed E-state index contributed by atoms with van der Waals surface area (Å²) in [5.41, 5.74) is -0.543. The van der Waals surface area contributed by atoms with Crippen molar-refractivity contribution in [3.63, 3.8) is 0 Å². The van der Waals surface area contributed by atoms with Crippen molar-refractivity contribution in [2.24, 2.45) is 7.05 Å². The van der Waals surface area contributed by atoms with Gasteiger partial charge in [0, 0.05) is 6.54 Å². The van der Waals surface area contributed by atoms with E-state index in [2.05, 4.69) is 20.7 Å². The summed E-state index contributed by atoms with van der Waals surface area (Å²) in [7, 11) is 1.75. The first-order valence-corrected chi connectivity index (χ1v) is 6.34. The van der Waals surface area contributed by atoms with Crippen LogP contribution in [0.25, 0.3) is 0 Å². The second-order valence-electron chi connectivity index (χ2n) is 4.94. The number of nitrogens with zero attached hydrogens (tertiary/aromatic N) is 4. The maximum Gasteiger partial charge on any atom is 0.188 e. The highest BCUT2D eigenvalue weighted by Gasteiger charge is 2.27. The van der Waals surface area contributed by atoms with Gasteiger partial charge in [-0.15, -0.1) is 10.2 Å². The van der Waals surface area contributed by atoms with Crippen molar-refractivity contribution in [1.82, 2.24) is 25.5 Å². The van der Waals surface area contributed by atoms with Gasteiger partial charge in [-0.1, -0.05) is 25.7 Å². The van der Waals surface area contributed by atoms with E-state index in [9.17, 15) is 5.11 Å². The van der Waals surface area contributed by atoms with E-state index in [1.807, 2.05) is 0 Å². The smallest absolute Gasteiger partial charge is 0.188 e. The molecule has 1 heterocycles. The molecule has 1 fully saturated rings. The summed E-state index contributed by atoms with van der Waals surface area (Å²) in [6.45, 7) is 1.18. The van der Waals surface area contributed by atoms with Crippen molar-refractivity contribution in [3.8, 4) is 0 Å². The fourth-order valence-electron chi connectivity index (χ4n) is 2.36. The molecule has 0 aromatic carbocycles. The predicted octanol–water partition coefficient (Wildman–Crippen LogP) is 0.385. The maximum atomic E-state index is 10.4. The third kappa shape index (κ3) is 3.74. The van der Waals surface area contributed by atoms with Crippen LogP contribution in [0.1, 0.15) is 44.3 Å². The molecule has 1 saturated carbocycles. The summed E-state index contributed by atoms with van der Waals surface area (Å²) >= 11 is 0. The Morgan fingerprint density at radius 3 is 2.59 bits per heavy atom. The number of hydrogen-bond donors (Lipinski definition) is 2. The summed E-state index contributed by atoms with van der Waals surface area (Å²) in [5, 5.41) is 25.4. The summed E-state index contributed by atoms with van der Waals surface area (Å²) in [5.74, 6) is 0.671. The average Bonchev–Trinajstić information content (AvgIpc) is 2.58. The normalized spacial score (nSPS) is 20.1. The van der Waals surface area contributed by atoms with Gasteiger partial charge in [0.2, 0.25) is 0 Å². The Bertz CT molecular complexity index is 343. The van der Waals surface area contributed by atoms with Crippen LogP contribution in [0, 0.1) is 0 Å². The molecule has 0 atom stereocenters. The Balaban J connectivity index is 1.76. The van der Waals surface area contributed by atoms with Crippen LogP contribution in [0.3, 0.4) is 0 Å². The van der Waals surface area contributed by atoms with Crippen molar-refractivity contribution < 1.29 is 5.11 Å². The van der Waals surface area contributed by atoms with Crippen molar-refractivity contribution in [2.45, 2.75) is 50.7 Å². The zero-order valence-corrected chi connectivity index (χ0v) is 10.4. The second-order valence-corrected chi connectivity index (χ2v) is 4.94. The molecule has 1 aliphatic carbocycles. The minimum Gasteiger partial charge on any atom is -0.389 e. The lowest BCUT2D eigenvalue weighted by molar-refractivity contribution is 0.0249. The van der Waals surface area contributed by atoms with Crippen molar-refractivity contribution in [2.75, 3.05) is 6.54 Å². The Kier molecular flexibility index (Phi) is 4.06. The Morgan fingerprint density at radius 1 is 1.29 bits per heavy atom. The highest BCUT2D eigenvalue weighted by atomic mass is 16.3. The molecule has 2 rings (SSSR count). The van der Waals surface area contributed by atoms with Crippen LogP contribution in [0.5, 0.6) is 0 Å². The lowest BCUT2D eigenvalue weighted by atomic mass is 9.94. The summed E-state index contributed by atoms with van der Waals surface area (Å²) in [6, 6.07) is 0. The molecule has 6 nitrogen and oxygen atoms in total. The topological polar surface area (TPSA) is 75.9 Å². The fourth-order valence-corrected chi connectivity index (χ4v) is 2.36. The predicted molar refractivity (Wildman–Crippen MR) is 63.2 cm³/mol. The molecule has 0 aliphatic heterocycles. The molecule has 96 valence electrons. The summed E-state index contributed by atoms with van der Waals surface area (Å²) in [4.78, 5) is 1.44. The zero-order valence-electron chi connectivity index (χ0n) is 10.4. The van der Waals surface area contributed by atoms with Crippen molar-refractivity contribution >= 4 is 0 Å². The molecule has 6 heteroatoms. The maximum absolute atomic E-state index is 10.4. The van der Waals surface area contributed by atoms with Crippen LogP contribution in [-0.2, 0) is 13.6 Å². The molecule has 1 aromatic rings. The van der Waals surface area contributed by atoms with Gasteiger partial charge in [0.1, 0.15) is 0 Å². The highest BCUT2D eigenvalue weighted by Crippen LogP contribution is 2.26. The molecule has 2 N–H and O–H groups in total. The second kappa shape index (κ2) is 5.55. The Labute approximate surface area is 101 Å². The number of tetrazole rings is 1. The first-order valence-electron chi connectivity index (χ1n) is 6.34. The molecule has 1 aliphatic rings. The first-order chi connectivity index (χ1) is 8.18. The van der Waals surface area contributed by atoms with Crippen molar-refractivity contribution in [1.29, 1.82) is 0 Å². The molecular weight excluding hydrogens is 218 g/mol. The van der Waals surface area contributed by atoms with E-state index in [-0.39, 0.29) is 0 Å². The number of aliphatic hydroxyl groups is 1. The van der Waals surface area contributed by atoms with Gasteiger partial charge in [-0.3, -0.25) is 0 Å². The monoisotopic (exact) mass is 239 g/mol. The van der Waals surface area contributed by atoms with Crippen molar-refractivity contribution in [3.05, 3.63) is 5.82 Å². The number of nitrogens with one attached hydrogen (secondary N) is 1. The average molecular weight is 239 g/mol. The molecule has 1 aromatic heterocycles. The van der Waals surface area contributed by atoms with Gasteiger partial charge < -0.3 is 10.4 Å². The lowest BCUT2D eigenvalue weighted by Gasteiger charge is -2.26. The number of hydrogen-bond acceptors (Lipinski definition) is 5. The van der Waals surface area contributed by atoms with Crippen LogP contribution in [0.4, 0.5) is 0 Å². The van der Waals surface area contributed by atoms with Gasteiger partial charge in [0.25, 0.3) is 0 Å². The number of aromatic nitrogens is 4. The molecule has 17 heavy (non-hydrogen) atoms. The van der Waals surface area contributed by atoms with E-state index in [0.29, 0.717) is 18.9 Å². The van der Waals surface area contributed by atoms with E-state index >= 15 is 0 Å². The van der Waals surface area contributed by atoms with Crippen LogP contribution in [0.15, 0.2) is 0 Å². The van der Waals surface area contributed by atoms with Gasteiger partial charge in [0.05, 0.1) is 19.2 Å². The van der Waals surface area contributed by atoms with Crippen LogP contribution >= 0.6 is 0 Å². The molecule has 0 spiro atoms. The van der Waals surface area contributed by atoms with Crippen LogP contribution in [-0.4, -0.2) is 37.5 Å². The quantitative estimate of drug-likeness (QED) is 0.743. The molecule has 0 unspecified atom stereocenters. The third-order valence-corrected chi connectivity index (χ3v) is 3.32. The van der Waals surface area contributed by atoms with Crippen LogP contribution in [0.2, 0.25) is 0 Å². The van der Waals surface area contributed by atoms with Gasteiger partial charge in [-0.25, -0.2) is 0 Å². The van der Waals surface area contributed by atoms with E-state index in [1.54, 1.807) is 7.05 Å². The minimum atomic E-state index is -0.543. The van der Waals surface area contributed by atoms with Gasteiger partial charge in [-0.05, 0) is 18.1 Å². The first kappa shape index (κ1) is 12.4. The standard InChI is InChI=1S/C11H21N5O/c1-16-14-10(13-15-16)8-12-9-11(17)6-4-2-3-5-7-11/h12,17H,2-9H2,1H3. The summed E-state index contributed by atoms with van der Waals surface area (Å²) < 4.78 is 0. The van der Waals surface area contributed by atoms with E-state index in [1.165, 1.54) is 17.6 Å². The minimum absolute atomic E-state index is 0.543.